The molecule has 2 heteroatoms. The zero-order chi connectivity index (χ0) is 7.23. The van der Waals surface area contributed by atoms with Crippen LogP contribution in [-0.2, 0) is 0 Å². The summed E-state index contributed by atoms with van der Waals surface area (Å²) >= 11 is 0. The Labute approximate surface area is 60.8 Å². The fourth-order valence-electron chi connectivity index (χ4n) is 0.697. The highest BCUT2D eigenvalue weighted by molar-refractivity contribution is 4.94. The minimum absolute atomic E-state index is 0.762. The molecule has 52 valence electrons. The highest BCUT2D eigenvalue weighted by Crippen LogP contribution is 1.84. The number of terminal acetylenes is 1. The van der Waals surface area contributed by atoms with E-state index < -0.39 is 0 Å². The topological polar surface area (TPSA) is 17.0 Å². The maximum Gasteiger partial charge on any atom is 0.0423 e. The van der Waals surface area contributed by atoms with Crippen LogP contribution in [0, 0.1) is 12.3 Å². The largest absolute Gasteiger partial charge is 0.325 e. The van der Waals surface area contributed by atoms with Gasteiger partial charge in [0.1, 0.15) is 0 Å². The number of rotatable bonds is 3. The summed E-state index contributed by atoms with van der Waals surface area (Å²) in [5, 5.41) is 0. The van der Waals surface area contributed by atoms with Gasteiger partial charge in [0.15, 0.2) is 0 Å². The van der Waals surface area contributed by atoms with Crippen LogP contribution in [0.3, 0.4) is 0 Å². The molecule has 0 saturated heterocycles. The molecule has 0 radical (unpaired) electrons. The van der Waals surface area contributed by atoms with Crippen molar-refractivity contribution in [3.63, 3.8) is 0 Å². The maximum atomic E-state index is 5.07. The Balaban J connectivity index is 2.23. The Kier molecular flexibility index (Phi) is 2.45. The molecule has 10 heavy (non-hydrogen) atoms. The third kappa shape index (κ3) is 1.87. The van der Waals surface area contributed by atoms with Gasteiger partial charge < -0.3 is 5.43 Å². The lowest BCUT2D eigenvalue weighted by Crippen LogP contribution is -2.12. The van der Waals surface area contributed by atoms with E-state index in [-0.39, 0.29) is 0 Å². The number of hydrogen-bond donors (Lipinski definition) is 1. The van der Waals surface area contributed by atoms with Gasteiger partial charge in [-0.3, -0.25) is 4.68 Å². The molecule has 0 amide bonds. The summed E-state index contributed by atoms with van der Waals surface area (Å²) in [7, 11) is 0. The summed E-state index contributed by atoms with van der Waals surface area (Å²) in [6.07, 6.45) is 9.71. The van der Waals surface area contributed by atoms with E-state index in [9.17, 15) is 0 Å². The molecule has 0 unspecified atom stereocenters. The Morgan fingerprint density at radius 3 is 2.70 bits per heavy atom. The highest BCUT2D eigenvalue weighted by atomic mass is 15.4. The molecule has 0 atom stereocenters. The summed E-state index contributed by atoms with van der Waals surface area (Å²) in [5.41, 5.74) is 3.10. The standard InChI is InChI=1S/C8H10N2/c1-2-3-6-9-10-7-4-5-8-10/h1,4-5,7-9H,3,6H2. The summed E-state index contributed by atoms with van der Waals surface area (Å²) in [4.78, 5) is 0. The second kappa shape index (κ2) is 3.62. The van der Waals surface area contributed by atoms with Crippen LogP contribution in [0.4, 0.5) is 0 Å². The summed E-state index contributed by atoms with van der Waals surface area (Å²) in [6.45, 7) is 0.825. The van der Waals surface area contributed by atoms with Crippen LogP contribution in [-0.4, -0.2) is 11.2 Å². The maximum absolute atomic E-state index is 5.07. The van der Waals surface area contributed by atoms with Gasteiger partial charge in [-0.15, -0.1) is 12.3 Å². The van der Waals surface area contributed by atoms with Gasteiger partial charge in [-0.2, -0.15) is 0 Å². The first-order valence-electron chi connectivity index (χ1n) is 3.24. The summed E-state index contributed by atoms with van der Waals surface area (Å²) < 4.78 is 1.89. The van der Waals surface area contributed by atoms with Crippen molar-refractivity contribution in [3.8, 4) is 12.3 Å². The molecule has 0 aliphatic rings. The first kappa shape index (κ1) is 6.76. The molecule has 1 heterocycles. The van der Waals surface area contributed by atoms with E-state index in [0.717, 1.165) is 13.0 Å². The van der Waals surface area contributed by atoms with Crippen LogP contribution >= 0.6 is 0 Å². The lowest BCUT2D eigenvalue weighted by Gasteiger charge is -2.03. The lowest BCUT2D eigenvalue weighted by atomic mass is 10.5. The van der Waals surface area contributed by atoms with Crippen molar-refractivity contribution >= 4 is 0 Å². The van der Waals surface area contributed by atoms with E-state index in [2.05, 4.69) is 11.3 Å². The number of aromatic nitrogens is 1. The van der Waals surface area contributed by atoms with Crippen LogP contribution in [0.2, 0.25) is 0 Å². The number of hydrogen-bond acceptors (Lipinski definition) is 1. The second-order valence-electron chi connectivity index (χ2n) is 1.95. The molecule has 0 aromatic carbocycles. The number of nitrogens with one attached hydrogen (secondary N) is 1. The molecular formula is C8H10N2. The smallest absolute Gasteiger partial charge is 0.0423 e. The normalized spacial score (nSPS) is 8.70. The van der Waals surface area contributed by atoms with Gasteiger partial charge in [0.25, 0.3) is 0 Å². The van der Waals surface area contributed by atoms with Crippen molar-refractivity contribution in [2.45, 2.75) is 6.42 Å². The van der Waals surface area contributed by atoms with Crippen molar-refractivity contribution < 1.29 is 0 Å². The van der Waals surface area contributed by atoms with Gasteiger partial charge in [-0.1, -0.05) is 0 Å². The Hall–Kier alpha value is -1.36. The first-order chi connectivity index (χ1) is 4.93. The van der Waals surface area contributed by atoms with Crippen LogP contribution in [0.15, 0.2) is 24.5 Å². The van der Waals surface area contributed by atoms with Crippen molar-refractivity contribution in [2.75, 3.05) is 12.0 Å². The molecule has 1 N–H and O–H groups in total. The van der Waals surface area contributed by atoms with Gasteiger partial charge in [-0.05, 0) is 12.1 Å². The Morgan fingerprint density at radius 2 is 2.10 bits per heavy atom. The molecule has 0 bridgehead atoms. The van der Waals surface area contributed by atoms with E-state index >= 15 is 0 Å². The van der Waals surface area contributed by atoms with Gasteiger partial charge in [0, 0.05) is 25.4 Å². The van der Waals surface area contributed by atoms with Crippen molar-refractivity contribution in [1.82, 2.24) is 4.68 Å². The average molecular weight is 134 g/mol. The zero-order valence-corrected chi connectivity index (χ0v) is 5.75. The minimum Gasteiger partial charge on any atom is -0.325 e. The van der Waals surface area contributed by atoms with Crippen molar-refractivity contribution in [3.05, 3.63) is 24.5 Å². The van der Waals surface area contributed by atoms with E-state index in [4.69, 9.17) is 6.42 Å². The molecule has 0 fully saturated rings. The molecule has 1 aromatic rings. The van der Waals surface area contributed by atoms with E-state index in [1.54, 1.807) is 0 Å². The average Bonchev–Trinajstić information content (AvgIpc) is 2.41. The predicted molar refractivity (Wildman–Crippen MR) is 42.1 cm³/mol. The first-order valence-corrected chi connectivity index (χ1v) is 3.24. The SMILES string of the molecule is C#CCCNn1cccc1. The van der Waals surface area contributed by atoms with Crippen LogP contribution in [0.5, 0.6) is 0 Å². The zero-order valence-electron chi connectivity index (χ0n) is 5.75. The summed E-state index contributed by atoms with van der Waals surface area (Å²) in [6, 6.07) is 3.92. The van der Waals surface area contributed by atoms with E-state index in [1.165, 1.54) is 0 Å². The molecule has 1 rings (SSSR count). The quantitative estimate of drug-likeness (QED) is 0.483. The fraction of sp³-hybridized carbons (Fsp3) is 0.250. The molecule has 0 aliphatic heterocycles. The molecule has 0 saturated carbocycles. The summed E-state index contributed by atoms with van der Waals surface area (Å²) in [5.74, 6) is 2.55. The second-order valence-corrected chi connectivity index (χ2v) is 1.95. The van der Waals surface area contributed by atoms with Gasteiger partial charge in [0.2, 0.25) is 0 Å². The van der Waals surface area contributed by atoms with E-state index in [0.29, 0.717) is 0 Å². The molecule has 2 nitrogen and oxygen atoms in total. The predicted octanol–water partition coefficient (Wildman–Crippen LogP) is 1.05. The fourth-order valence-corrected chi connectivity index (χ4v) is 0.697. The molecular weight excluding hydrogens is 124 g/mol. The number of nitrogens with zero attached hydrogens (tertiary/aromatic N) is 1. The molecule has 0 aliphatic carbocycles. The Morgan fingerprint density at radius 1 is 1.40 bits per heavy atom. The molecule has 0 spiro atoms. The van der Waals surface area contributed by atoms with Crippen LogP contribution < -0.4 is 5.43 Å². The molecule has 1 aromatic heterocycles. The third-order valence-corrected chi connectivity index (χ3v) is 1.17. The van der Waals surface area contributed by atoms with Gasteiger partial charge in [0.05, 0.1) is 0 Å². The van der Waals surface area contributed by atoms with Gasteiger partial charge in [-0.25, -0.2) is 0 Å². The minimum atomic E-state index is 0.762. The van der Waals surface area contributed by atoms with Crippen molar-refractivity contribution in [2.24, 2.45) is 0 Å². The van der Waals surface area contributed by atoms with Crippen LogP contribution in [0.1, 0.15) is 6.42 Å². The monoisotopic (exact) mass is 134 g/mol. The third-order valence-electron chi connectivity index (χ3n) is 1.17. The highest BCUT2D eigenvalue weighted by Gasteiger charge is 1.82. The van der Waals surface area contributed by atoms with Crippen molar-refractivity contribution in [1.29, 1.82) is 0 Å². The van der Waals surface area contributed by atoms with Crippen LogP contribution in [0.25, 0.3) is 0 Å². The van der Waals surface area contributed by atoms with Gasteiger partial charge >= 0.3 is 0 Å². The lowest BCUT2D eigenvalue weighted by molar-refractivity contribution is 0.846. The van der Waals surface area contributed by atoms with E-state index in [1.807, 2.05) is 29.2 Å². The Bertz CT molecular complexity index is 206.